The SMILES string of the molecule is Nc1cccc(-c2cn3c(O)c(Cc4ccco4)nc3c(Cc3c(F)cccc3F)n2)c1F.Oc1cccc(-c2cn3c(O)c(Cc4ccco4)nc3c(Cc3c(F)cccc3F)n2)c1F. The molecule has 0 aliphatic rings. The summed E-state index contributed by atoms with van der Waals surface area (Å²) in [6.07, 6.45) is 5.50. The van der Waals surface area contributed by atoms with Crippen LogP contribution in [0.15, 0.2) is 131 Å². The first-order valence-electron chi connectivity index (χ1n) is 20.0. The van der Waals surface area contributed by atoms with Gasteiger partial charge in [-0.15, -0.1) is 0 Å². The van der Waals surface area contributed by atoms with Crippen molar-refractivity contribution in [2.45, 2.75) is 25.7 Å². The molecule has 12 nitrogen and oxygen atoms in total. The first kappa shape index (κ1) is 42.7. The highest BCUT2D eigenvalue weighted by Crippen LogP contribution is 2.34. The third kappa shape index (κ3) is 8.22. The van der Waals surface area contributed by atoms with E-state index in [2.05, 4.69) is 19.9 Å². The van der Waals surface area contributed by atoms with Crippen molar-refractivity contribution >= 4 is 17.0 Å². The molecule has 66 heavy (non-hydrogen) atoms. The lowest BCUT2D eigenvalue weighted by Crippen LogP contribution is -2.05. The van der Waals surface area contributed by atoms with Gasteiger partial charge in [0.1, 0.15) is 46.2 Å². The Morgan fingerprint density at radius 1 is 0.470 bits per heavy atom. The molecular weight excluding hydrogens is 869 g/mol. The molecule has 0 bridgehead atoms. The number of hydrogen-bond donors (Lipinski definition) is 4. The number of halogens is 6. The molecule has 6 aromatic heterocycles. The third-order valence-corrected chi connectivity index (χ3v) is 10.7. The van der Waals surface area contributed by atoms with Gasteiger partial charge in [-0.2, -0.15) is 0 Å². The normalized spacial score (nSPS) is 11.4. The van der Waals surface area contributed by atoms with Crippen LogP contribution >= 0.6 is 0 Å². The lowest BCUT2D eigenvalue weighted by Gasteiger charge is -2.11. The predicted molar refractivity (Wildman–Crippen MR) is 228 cm³/mol. The molecule has 5 N–H and O–H groups in total. The minimum absolute atomic E-state index is 0.0416. The Kier molecular flexibility index (Phi) is 11.4. The number of nitrogen functional groups attached to an aromatic ring is 1. The van der Waals surface area contributed by atoms with Crippen LogP contribution in [0.25, 0.3) is 33.8 Å². The number of phenols is 1. The van der Waals surface area contributed by atoms with E-state index in [1.807, 2.05) is 0 Å². The third-order valence-electron chi connectivity index (χ3n) is 10.7. The molecule has 0 aliphatic heterocycles. The fourth-order valence-corrected chi connectivity index (χ4v) is 7.38. The van der Waals surface area contributed by atoms with Gasteiger partial charge in [0.15, 0.2) is 28.7 Å². The molecule has 0 atom stereocenters. The van der Waals surface area contributed by atoms with Gasteiger partial charge in [0.25, 0.3) is 0 Å². The number of nitrogens with zero attached hydrogens (tertiary/aromatic N) is 6. The summed E-state index contributed by atoms with van der Waals surface area (Å²) in [7, 11) is 0. The summed E-state index contributed by atoms with van der Waals surface area (Å²) in [4.78, 5) is 17.7. The maximum Gasteiger partial charge on any atom is 0.219 e. The molecule has 4 aromatic carbocycles. The van der Waals surface area contributed by atoms with Crippen molar-refractivity contribution in [2.24, 2.45) is 0 Å². The monoisotopic (exact) mass is 901 g/mol. The number of fused-ring (bicyclic) bond motifs is 2. The largest absolute Gasteiger partial charge is 0.505 e. The molecule has 0 saturated heterocycles. The second kappa shape index (κ2) is 17.6. The Morgan fingerprint density at radius 2 is 0.894 bits per heavy atom. The summed E-state index contributed by atoms with van der Waals surface area (Å²) >= 11 is 0. The number of aromatic nitrogens is 6. The fraction of sp³-hybridized carbons (Fsp3) is 0.0833. The first-order valence-corrected chi connectivity index (χ1v) is 20.0. The van der Waals surface area contributed by atoms with Crippen LogP contribution in [-0.4, -0.2) is 44.1 Å². The van der Waals surface area contributed by atoms with Crippen molar-refractivity contribution in [3.05, 3.63) is 202 Å². The molecule has 0 amide bonds. The van der Waals surface area contributed by atoms with Crippen LogP contribution in [0.5, 0.6) is 17.5 Å². The Balaban J connectivity index is 0.000000166. The maximum absolute atomic E-state index is 14.7. The van der Waals surface area contributed by atoms with Crippen LogP contribution in [0.2, 0.25) is 0 Å². The van der Waals surface area contributed by atoms with Crippen molar-refractivity contribution in [1.29, 1.82) is 0 Å². The zero-order valence-corrected chi connectivity index (χ0v) is 34.1. The van der Waals surface area contributed by atoms with E-state index in [1.165, 1.54) is 76.2 Å². The maximum atomic E-state index is 14.7. The molecule has 18 heteroatoms. The molecule has 332 valence electrons. The Labute approximate surface area is 369 Å². The minimum atomic E-state index is -0.914. The van der Waals surface area contributed by atoms with Crippen LogP contribution in [0.4, 0.5) is 32.0 Å². The predicted octanol–water partition coefficient (Wildman–Crippen LogP) is 9.88. The van der Waals surface area contributed by atoms with Crippen LogP contribution in [0, 0.1) is 34.9 Å². The van der Waals surface area contributed by atoms with Crippen molar-refractivity contribution in [3.8, 4) is 40.0 Å². The smallest absolute Gasteiger partial charge is 0.219 e. The molecule has 0 unspecified atom stereocenters. The Morgan fingerprint density at radius 3 is 1.33 bits per heavy atom. The standard InChI is InChI=1S/C24H17F3N4O2.C24H16F3N3O3/c25-16-6-2-7-17(26)15(16)11-19-23-30-20(10-13-4-3-9-33-13)24(32)31(23)12-21(29-19)14-5-1-8-18(28)22(14)27;25-16-6-2-7-17(26)15(16)11-18-23-29-19(10-13-4-3-9-33-13)24(32)30(23)12-20(28-18)14-5-1-8-21(31)22(14)27/h1-9,12,32H,10-11,28H2;1-9,12,31-32H,10-11H2. The number of furan rings is 2. The van der Waals surface area contributed by atoms with E-state index in [9.17, 15) is 41.7 Å². The Hall–Kier alpha value is -8.54. The quantitative estimate of drug-likeness (QED) is 0.0765. The second-order valence-corrected chi connectivity index (χ2v) is 14.9. The van der Waals surface area contributed by atoms with Crippen molar-refractivity contribution in [1.82, 2.24) is 28.7 Å². The van der Waals surface area contributed by atoms with Crippen LogP contribution < -0.4 is 5.73 Å². The first-order chi connectivity index (χ1) is 31.8. The highest BCUT2D eigenvalue weighted by molar-refractivity contribution is 5.68. The molecule has 0 radical (unpaired) electrons. The highest BCUT2D eigenvalue weighted by atomic mass is 19.2. The number of hydrogen-bond acceptors (Lipinski definition) is 10. The van der Waals surface area contributed by atoms with Crippen molar-refractivity contribution < 1.29 is 50.5 Å². The molecule has 0 aliphatic carbocycles. The molecular formula is C48H33F6N7O5. The van der Waals surface area contributed by atoms with Crippen LogP contribution in [0.1, 0.15) is 45.4 Å². The summed E-state index contributed by atoms with van der Waals surface area (Å²) in [6, 6.07) is 22.3. The number of aromatic hydroxyl groups is 3. The van der Waals surface area contributed by atoms with Crippen molar-refractivity contribution in [3.63, 3.8) is 0 Å². The summed E-state index contributed by atoms with van der Waals surface area (Å²) in [5, 5.41) is 31.4. The van der Waals surface area contributed by atoms with Gasteiger partial charge < -0.3 is 29.9 Å². The van der Waals surface area contributed by atoms with Gasteiger partial charge in [0.2, 0.25) is 11.8 Å². The number of benzene rings is 4. The van der Waals surface area contributed by atoms with E-state index in [0.717, 1.165) is 24.3 Å². The summed E-state index contributed by atoms with van der Waals surface area (Å²) in [5.41, 5.74) is 6.48. The number of anilines is 1. The van der Waals surface area contributed by atoms with Crippen LogP contribution in [0.3, 0.4) is 0 Å². The lowest BCUT2D eigenvalue weighted by atomic mass is 10.1. The van der Waals surface area contributed by atoms with Crippen LogP contribution in [-0.2, 0) is 25.7 Å². The average Bonchev–Trinajstić information content (AvgIpc) is 4.13. The number of rotatable bonds is 10. The summed E-state index contributed by atoms with van der Waals surface area (Å²) in [5.74, 6) is -4.58. The highest BCUT2D eigenvalue weighted by Gasteiger charge is 2.24. The van der Waals surface area contributed by atoms with Crippen molar-refractivity contribution in [2.75, 3.05) is 5.73 Å². The van der Waals surface area contributed by atoms with Gasteiger partial charge >= 0.3 is 0 Å². The Bertz CT molecular complexity index is 3140. The minimum Gasteiger partial charge on any atom is -0.505 e. The van der Waals surface area contributed by atoms with Gasteiger partial charge in [-0.1, -0.05) is 24.3 Å². The van der Waals surface area contributed by atoms with E-state index >= 15 is 0 Å². The number of imidazole rings is 2. The molecule has 10 rings (SSSR count). The molecule has 0 spiro atoms. The summed E-state index contributed by atoms with van der Waals surface area (Å²) in [6.45, 7) is 0. The topological polar surface area (TPSA) is 173 Å². The molecule has 0 saturated carbocycles. The van der Waals surface area contributed by atoms with E-state index in [-0.39, 0.29) is 111 Å². The van der Waals surface area contributed by atoms with Gasteiger partial charge in [-0.25, -0.2) is 46.3 Å². The van der Waals surface area contributed by atoms with E-state index in [4.69, 9.17) is 14.6 Å². The fourth-order valence-electron chi connectivity index (χ4n) is 7.38. The zero-order valence-electron chi connectivity index (χ0n) is 34.1. The lowest BCUT2D eigenvalue weighted by molar-refractivity contribution is 0.433. The number of nitrogens with two attached hydrogens (primary N) is 1. The zero-order chi connectivity index (χ0) is 46.2. The van der Waals surface area contributed by atoms with Gasteiger partial charge in [-0.05, 0) is 72.8 Å². The molecule has 6 heterocycles. The average molecular weight is 902 g/mol. The second-order valence-electron chi connectivity index (χ2n) is 14.9. The van der Waals surface area contributed by atoms with Gasteiger partial charge in [-0.3, -0.25) is 8.80 Å². The van der Waals surface area contributed by atoms with E-state index in [1.54, 1.807) is 30.3 Å². The van der Waals surface area contributed by atoms with Gasteiger partial charge in [0, 0.05) is 47.5 Å². The van der Waals surface area contributed by atoms with E-state index in [0.29, 0.717) is 11.5 Å². The number of phenolic OH excluding ortho intramolecular Hbond substituents is 1. The van der Waals surface area contributed by atoms with E-state index < -0.39 is 40.7 Å². The molecule has 10 aromatic rings. The molecule has 0 fully saturated rings. The summed E-state index contributed by atoms with van der Waals surface area (Å²) < 4.78 is 100. The van der Waals surface area contributed by atoms with Gasteiger partial charge in [0.05, 0.1) is 53.8 Å².